The molecule has 1 atom stereocenters. The third kappa shape index (κ3) is 4.12. The molecule has 1 N–H and O–H groups in total. The summed E-state index contributed by atoms with van der Waals surface area (Å²) < 4.78 is 0. The quantitative estimate of drug-likeness (QED) is 0.804. The average molecular weight is 371 g/mol. The molecule has 2 rings (SSSR count). The number of benzene rings is 1. The minimum absolute atomic E-state index is 0.0225. The highest BCUT2D eigenvalue weighted by molar-refractivity contribution is 6.21. The maximum absolute atomic E-state index is 12.5. The van der Waals surface area contributed by atoms with Gasteiger partial charge in [0, 0.05) is 33.4 Å². The number of ketones is 2. The van der Waals surface area contributed by atoms with Gasteiger partial charge in [0.05, 0.1) is 12.0 Å². The first-order valence-corrected chi connectivity index (χ1v) is 9.36. The first-order valence-electron chi connectivity index (χ1n) is 9.36. The van der Waals surface area contributed by atoms with Gasteiger partial charge in [0.25, 0.3) is 0 Å². The van der Waals surface area contributed by atoms with Gasteiger partial charge in [0.15, 0.2) is 11.6 Å². The largest absolute Gasteiger partial charge is 0.511 e. The molecule has 0 radical (unpaired) electrons. The minimum atomic E-state index is -0.300. The number of aliphatic hydroxyl groups is 1. The molecule has 1 aromatic carbocycles. The van der Waals surface area contributed by atoms with E-state index in [1.165, 1.54) is 0 Å². The lowest BCUT2D eigenvalue weighted by atomic mass is 9.76. The molecule has 1 aliphatic carbocycles. The molecule has 1 aromatic rings. The molecule has 0 aliphatic heterocycles. The van der Waals surface area contributed by atoms with Crippen molar-refractivity contribution >= 4 is 17.5 Å². The van der Waals surface area contributed by atoms with Gasteiger partial charge >= 0.3 is 0 Å². The minimum Gasteiger partial charge on any atom is -0.511 e. The number of carbonyl (C=O) groups is 3. The van der Waals surface area contributed by atoms with Crippen LogP contribution in [0.25, 0.3) is 0 Å². The SMILES string of the molecule is CCC(=O)C1=C(O)CC(c2c(C)cc(C)c(CC(=O)N(C)C)c2C)CC1=O. The zero-order valence-corrected chi connectivity index (χ0v) is 17.1. The number of hydrogen-bond acceptors (Lipinski definition) is 4. The number of aliphatic hydroxyl groups excluding tert-OH is 1. The van der Waals surface area contributed by atoms with Crippen molar-refractivity contribution < 1.29 is 19.5 Å². The molecule has 1 unspecified atom stereocenters. The molecular weight excluding hydrogens is 342 g/mol. The Hall–Kier alpha value is -2.43. The Morgan fingerprint density at radius 2 is 1.78 bits per heavy atom. The van der Waals surface area contributed by atoms with Crippen LogP contribution in [-0.2, 0) is 20.8 Å². The van der Waals surface area contributed by atoms with Crippen molar-refractivity contribution in [2.24, 2.45) is 0 Å². The van der Waals surface area contributed by atoms with Gasteiger partial charge in [-0.3, -0.25) is 14.4 Å². The number of hydrogen-bond donors (Lipinski definition) is 1. The van der Waals surface area contributed by atoms with Gasteiger partial charge < -0.3 is 10.0 Å². The Labute approximate surface area is 161 Å². The second kappa shape index (κ2) is 8.07. The van der Waals surface area contributed by atoms with Crippen LogP contribution in [0.15, 0.2) is 17.4 Å². The first-order chi connectivity index (χ1) is 12.6. The molecule has 27 heavy (non-hydrogen) atoms. The second-order valence-electron chi connectivity index (χ2n) is 7.62. The number of aryl methyl sites for hydroxylation is 2. The first kappa shape index (κ1) is 20.9. The zero-order valence-electron chi connectivity index (χ0n) is 17.1. The summed E-state index contributed by atoms with van der Waals surface area (Å²) in [5.41, 5.74) is 5.04. The van der Waals surface area contributed by atoms with Gasteiger partial charge in [-0.25, -0.2) is 0 Å². The molecule has 1 amide bonds. The average Bonchev–Trinajstić information content (AvgIpc) is 2.57. The number of nitrogens with zero attached hydrogens (tertiary/aromatic N) is 1. The molecule has 5 heteroatoms. The van der Waals surface area contributed by atoms with E-state index in [1.54, 1.807) is 25.9 Å². The van der Waals surface area contributed by atoms with E-state index >= 15 is 0 Å². The molecule has 0 aromatic heterocycles. The van der Waals surface area contributed by atoms with Gasteiger partial charge in [0.2, 0.25) is 5.91 Å². The fourth-order valence-corrected chi connectivity index (χ4v) is 4.04. The van der Waals surface area contributed by atoms with E-state index in [-0.39, 0.29) is 54.0 Å². The van der Waals surface area contributed by atoms with E-state index in [0.29, 0.717) is 6.42 Å². The zero-order chi connectivity index (χ0) is 20.5. The van der Waals surface area contributed by atoms with E-state index in [9.17, 15) is 19.5 Å². The molecule has 0 fully saturated rings. The lowest BCUT2D eigenvalue weighted by Crippen LogP contribution is -2.26. The van der Waals surface area contributed by atoms with Crippen LogP contribution >= 0.6 is 0 Å². The second-order valence-corrected chi connectivity index (χ2v) is 7.62. The third-order valence-corrected chi connectivity index (χ3v) is 5.46. The number of likely N-dealkylation sites (N-methyl/N-ethyl adjacent to an activating group) is 1. The van der Waals surface area contributed by atoms with Crippen LogP contribution in [0.4, 0.5) is 0 Å². The standard InChI is InChI=1S/C22H29NO4/c1-7-17(24)22-18(25)9-15(10-19(22)26)21-13(3)8-12(2)16(14(21)4)11-20(27)23(5)6/h8,15,25H,7,9-11H2,1-6H3. The summed E-state index contributed by atoms with van der Waals surface area (Å²) in [7, 11) is 3.47. The van der Waals surface area contributed by atoms with E-state index < -0.39 is 0 Å². The molecule has 0 spiro atoms. The van der Waals surface area contributed by atoms with Crippen molar-refractivity contribution in [1.82, 2.24) is 4.90 Å². The maximum Gasteiger partial charge on any atom is 0.226 e. The monoisotopic (exact) mass is 371 g/mol. The molecule has 146 valence electrons. The Morgan fingerprint density at radius 1 is 1.15 bits per heavy atom. The molecule has 0 saturated carbocycles. The van der Waals surface area contributed by atoms with E-state index in [2.05, 4.69) is 0 Å². The summed E-state index contributed by atoms with van der Waals surface area (Å²) in [6.07, 6.45) is 0.991. The fourth-order valence-electron chi connectivity index (χ4n) is 4.04. The van der Waals surface area contributed by atoms with E-state index in [1.807, 2.05) is 26.8 Å². The van der Waals surface area contributed by atoms with Crippen LogP contribution in [0.5, 0.6) is 0 Å². The normalized spacial score (nSPS) is 17.3. The molecule has 0 bridgehead atoms. The van der Waals surface area contributed by atoms with Crippen molar-refractivity contribution in [3.8, 4) is 0 Å². The van der Waals surface area contributed by atoms with Crippen molar-refractivity contribution in [3.63, 3.8) is 0 Å². The maximum atomic E-state index is 12.5. The topological polar surface area (TPSA) is 74.7 Å². The predicted molar refractivity (Wildman–Crippen MR) is 105 cm³/mol. The van der Waals surface area contributed by atoms with Gasteiger partial charge in [-0.05, 0) is 54.5 Å². The summed E-state index contributed by atoms with van der Waals surface area (Å²) in [5.74, 6) is -0.853. The molecular formula is C22H29NO4. The van der Waals surface area contributed by atoms with Crippen molar-refractivity contribution in [3.05, 3.63) is 45.2 Å². The van der Waals surface area contributed by atoms with Crippen LogP contribution in [0.2, 0.25) is 0 Å². The smallest absolute Gasteiger partial charge is 0.226 e. The van der Waals surface area contributed by atoms with Gasteiger partial charge in [-0.15, -0.1) is 0 Å². The van der Waals surface area contributed by atoms with Gasteiger partial charge in [0.1, 0.15) is 5.76 Å². The Bertz CT molecular complexity index is 833. The van der Waals surface area contributed by atoms with E-state index in [4.69, 9.17) is 0 Å². The highest BCUT2D eigenvalue weighted by Gasteiger charge is 2.33. The van der Waals surface area contributed by atoms with Crippen LogP contribution in [-0.4, -0.2) is 41.6 Å². The number of carbonyl (C=O) groups excluding carboxylic acids is 3. The molecule has 0 heterocycles. The van der Waals surface area contributed by atoms with Gasteiger partial charge in [-0.1, -0.05) is 13.0 Å². The van der Waals surface area contributed by atoms with Crippen LogP contribution < -0.4 is 0 Å². The fraction of sp³-hybridized carbons (Fsp3) is 0.500. The summed E-state index contributed by atoms with van der Waals surface area (Å²) >= 11 is 0. The molecule has 1 aliphatic rings. The summed E-state index contributed by atoms with van der Waals surface area (Å²) in [5, 5.41) is 10.4. The molecule has 5 nitrogen and oxygen atoms in total. The number of amides is 1. The Balaban J connectivity index is 2.48. The number of allylic oxidation sites excluding steroid dienone is 2. The lowest BCUT2D eigenvalue weighted by Gasteiger charge is -2.28. The Morgan fingerprint density at radius 3 is 2.30 bits per heavy atom. The van der Waals surface area contributed by atoms with Crippen molar-refractivity contribution in [1.29, 1.82) is 0 Å². The predicted octanol–water partition coefficient (Wildman–Crippen LogP) is 3.48. The molecule has 0 saturated heterocycles. The van der Waals surface area contributed by atoms with Crippen molar-refractivity contribution in [2.75, 3.05) is 14.1 Å². The summed E-state index contributed by atoms with van der Waals surface area (Å²) in [6, 6.07) is 2.04. The number of Topliss-reactive ketones (excluding diaryl/α,β-unsaturated/α-hetero) is 2. The van der Waals surface area contributed by atoms with Crippen LogP contribution in [0, 0.1) is 20.8 Å². The lowest BCUT2D eigenvalue weighted by molar-refractivity contribution is -0.128. The summed E-state index contributed by atoms with van der Waals surface area (Å²) in [6.45, 7) is 7.64. The summed E-state index contributed by atoms with van der Waals surface area (Å²) in [4.78, 5) is 38.3. The third-order valence-electron chi connectivity index (χ3n) is 5.46. The highest BCUT2D eigenvalue weighted by atomic mass is 16.3. The van der Waals surface area contributed by atoms with Crippen molar-refractivity contribution in [2.45, 2.75) is 59.3 Å². The highest BCUT2D eigenvalue weighted by Crippen LogP contribution is 2.39. The Kier molecular flexibility index (Phi) is 6.24. The van der Waals surface area contributed by atoms with Crippen LogP contribution in [0.3, 0.4) is 0 Å². The van der Waals surface area contributed by atoms with Crippen LogP contribution in [0.1, 0.15) is 59.9 Å². The number of rotatable bonds is 5. The van der Waals surface area contributed by atoms with Gasteiger partial charge in [-0.2, -0.15) is 0 Å². The van der Waals surface area contributed by atoms with E-state index in [0.717, 1.165) is 27.8 Å².